The molecule has 32 heavy (non-hydrogen) atoms. The number of amides is 1. The fraction of sp³-hybridized carbons (Fsp3) is 0.208. The van der Waals surface area contributed by atoms with Crippen molar-refractivity contribution in [1.82, 2.24) is 5.32 Å². The lowest BCUT2D eigenvalue weighted by Gasteiger charge is -2.25. The molecule has 0 radical (unpaired) electrons. The Hall–Kier alpha value is -2.48. The van der Waals surface area contributed by atoms with E-state index in [0.717, 1.165) is 16.9 Å². The summed E-state index contributed by atoms with van der Waals surface area (Å²) in [6.07, 6.45) is 0. The number of aryl methyl sites for hydroxylation is 1. The van der Waals surface area contributed by atoms with E-state index in [-0.39, 0.29) is 17.3 Å². The van der Waals surface area contributed by atoms with Crippen molar-refractivity contribution in [1.29, 1.82) is 0 Å². The van der Waals surface area contributed by atoms with Crippen LogP contribution >= 0.6 is 23.4 Å². The van der Waals surface area contributed by atoms with Crippen molar-refractivity contribution in [2.45, 2.75) is 17.6 Å². The molecule has 3 aromatic carbocycles. The van der Waals surface area contributed by atoms with Crippen LogP contribution in [0.5, 0.6) is 0 Å². The molecular formula is C24H25ClN2O3S2. The topological polar surface area (TPSA) is 66.5 Å². The predicted molar refractivity (Wildman–Crippen MR) is 133 cm³/mol. The van der Waals surface area contributed by atoms with Gasteiger partial charge in [0.15, 0.2) is 0 Å². The van der Waals surface area contributed by atoms with Crippen LogP contribution in [0.15, 0.2) is 83.8 Å². The average molecular weight is 489 g/mol. The molecule has 0 atom stereocenters. The Balaban J connectivity index is 1.63. The van der Waals surface area contributed by atoms with Crippen LogP contribution in [0.2, 0.25) is 5.02 Å². The zero-order valence-corrected chi connectivity index (χ0v) is 20.1. The maximum atomic E-state index is 13.3. The number of anilines is 1. The first-order valence-electron chi connectivity index (χ1n) is 10.1. The van der Waals surface area contributed by atoms with Crippen molar-refractivity contribution >= 4 is 45.0 Å². The Bertz CT molecular complexity index is 1150. The van der Waals surface area contributed by atoms with Gasteiger partial charge >= 0.3 is 0 Å². The molecule has 0 saturated carbocycles. The summed E-state index contributed by atoms with van der Waals surface area (Å²) in [5, 5.41) is 3.53. The Morgan fingerprint density at radius 1 is 1.00 bits per heavy atom. The number of nitrogens with zero attached hydrogens (tertiary/aromatic N) is 1. The van der Waals surface area contributed by atoms with Crippen LogP contribution in [0.25, 0.3) is 0 Å². The molecular weight excluding hydrogens is 464 g/mol. The molecule has 0 fully saturated rings. The molecule has 0 aliphatic rings. The number of carbonyl (C=O) groups excluding carboxylic acids is 1. The van der Waals surface area contributed by atoms with Crippen LogP contribution in [0.1, 0.15) is 11.1 Å². The van der Waals surface area contributed by atoms with Gasteiger partial charge in [-0.2, -0.15) is 11.8 Å². The largest absolute Gasteiger partial charge is 0.354 e. The maximum absolute atomic E-state index is 13.3. The molecule has 1 amide bonds. The van der Waals surface area contributed by atoms with Gasteiger partial charge in [-0.3, -0.25) is 9.10 Å². The van der Waals surface area contributed by atoms with E-state index in [2.05, 4.69) is 5.32 Å². The van der Waals surface area contributed by atoms with Gasteiger partial charge in [-0.25, -0.2) is 8.42 Å². The van der Waals surface area contributed by atoms with Crippen LogP contribution in [0.4, 0.5) is 5.69 Å². The lowest BCUT2D eigenvalue weighted by molar-refractivity contribution is -0.119. The third-order valence-electron chi connectivity index (χ3n) is 4.73. The minimum absolute atomic E-state index is 0.146. The molecule has 1 N–H and O–H groups in total. The average Bonchev–Trinajstić information content (AvgIpc) is 2.78. The Morgan fingerprint density at radius 3 is 2.44 bits per heavy atom. The molecule has 0 aliphatic heterocycles. The molecule has 168 valence electrons. The Labute approximate surface area is 198 Å². The molecule has 3 rings (SSSR count). The van der Waals surface area contributed by atoms with Gasteiger partial charge in [-0.05, 0) is 48.4 Å². The second-order valence-electron chi connectivity index (χ2n) is 7.14. The fourth-order valence-electron chi connectivity index (χ4n) is 3.13. The molecule has 0 spiro atoms. The van der Waals surface area contributed by atoms with Gasteiger partial charge in [0, 0.05) is 23.1 Å². The second-order valence-corrected chi connectivity index (χ2v) is 10.5. The molecule has 5 nitrogen and oxygen atoms in total. The molecule has 0 aliphatic carbocycles. The van der Waals surface area contributed by atoms with Crippen molar-refractivity contribution in [2.75, 3.05) is 23.1 Å². The van der Waals surface area contributed by atoms with E-state index in [4.69, 9.17) is 11.6 Å². The highest BCUT2D eigenvalue weighted by molar-refractivity contribution is 7.98. The summed E-state index contributed by atoms with van der Waals surface area (Å²) in [6.45, 7) is 1.98. The SMILES string of the molecule is Cc1ccccc1N(CC(=O)NCCSCc1cccc(Cl)c1)S(=O)(=O)c1ccccc1. The van der Waals surface area contributed by atoms with E-state index in [1.54, 1.807) is 42.1 Å². The van der Waals surface area contributed by atoms with E-state index >= 15 is 0 Å². The van der Waals surface area contributed by atoms with E-state index in [9.17, 15) is 13.2 Å². The first-order chi connectivity index (χ1) is 15.4. The Kier molecular flexibility index (Phi) is 8.61. The van der Waals surface area contributed by atoms with E-state index in [1.807, 2.05) is 43.3 Å². The molecule has 0 unspecified atom stereocenters. The van der Waals surface area contributed by atoms with Crippen molar-refractivity contribution < 1.29 is 13.2 Å². The van der Waals surface area contributed by atoms with Gasteiger partial charge in [-0.15, -0.1) is 0 Å². The number of sulfonamides is 1. The third kappa shape index (κ3) is 6.51. The number of thioether (sulfide) groups is 1. The number of halogens is 1. The molecule has 0 bridgehead atoms. The fourth-order valence-corrected chi connectivity index (χ4v) is 5.65. The zero-order chi connectivity index (χ0) is 23.0. The van der Waals surface area contributed by atoms with E-state index in [0.29, 0.717) is 23.0 Å². The molecule has 8 heteroatoms. The van der Waals surface area contributed by atoms with Gasteiger partial charge in [0.1, 0.15) is 6.54 Å². The summed E-state index contributed by atoms with van der Waals surface area (Å²) in [6, 6.07) is 23.0. The first-order valence-corrected chi connectivity index (χ1v) is 13.1. The van der Waals surface area contributed by atoms with Crippen LogP contribution in [-0.4, -0.2) is 33.2 Å². The standard InChI is InChI=1S/C24H25ClN2O3S2/c1-19-8-5-6-13-23(19)27(32(29,30)22-11-3-2-4-12-22)17-24(28)26-14-15-31-18-20-9-7-10-21(25)16-20/h2-13,16H,14-15,17-18H2,1H3,(H,26,28). The number of benzene rings is 3. The normalized spacial score (nSPS) is 11.2. The maximum Gasteiger partial charge on any atom is 0.264 e. The highest BCUT2D eigenvalue weighted by atomic mass is 35.5. The summed E-state index contributed by atoms with van der Waals surface area (Å²) in [5.41, 5.74) is 2.38. The predicted octanol–water partition coefficient (Wildman–Crippen LogP) is 4.89. The minimum atomic E-state index is -3.89. The van der Waals surface area contributed by atoms with Crippen molar-refractivity contribution in [3.63, 3.8) is 0 Å². The molecule has 0 aromatic heterocycles. The molecule has 0 saturated heterocycles. The number of para-hydroxylation sites is 1. The van der Waals surface area contributed by atoms with Crippen molar-refractivity contribution in [2.24, 2.45) is 0 Å². The van der Waals surface area contributed by atoms with Crippen LogP contribution in [-0.2, 0) is 20.6 Å². The molecule has 0 heterocycles. The first kappa shape index (κ1) is 24.2. The van der Waals surface area contributed by atoms with Gasteiger partial charge < -0.3 is 5.32 Å². The van der Waals surface area contributed by atoms with Crippen LogP contribution < -0.4 is 9.62 Å². The van der Waals surface area contributed by atoms with E-state index in [1.165, 1.54) is 16.4 Å². The quantitative estimate of drug-likeness (QED) is 0.412. The van der Waals surface area contributed by atoms with Gasteiger partial charge in [0.25, 0.3) is 10.0 Å². The summed E-state index contributed by atoms with van der Waals surface area (Å²) < 4.78 is 27.8. The lowest BCUT2D eigenvalue weighted by Crippen LogP contribution is -2.41. The zero-order valence-electron chi connectivity index (χ0n) is 17.7. The monoisotopic (exact) mass is 488 g/mol. The lowest BCUT2D eigenvalue weighted by atomic mass is 10.2. The van der Waals surface area contributed by atoms with Crippen molar-refractivity contribution in [3.8, 4) is 0 Å². The van der Waals surface area contributed by atoms with Gasteiger partial charge in [0.2, 0.25) is 5.91 Å². The smallest absolute Gasteiger partial charge is 0.264 e. The van der Waals surface area contributed by atoms with Crippen LogP contribution in [0, 0.1) is 6.92 Å². The number of nitrogens with one attached hydrogen (secondary N) is 1. The highest BCUT2D eigenvalue weighted by Crippen LogP contribution is 2.26. The minimum Gasteiger partial charge on any atom is -0.354 e. The summed E-state index contributed by atoms with van der Waals surface area (Å²) in [7, 11) is -3.89. The van der Waals surface area contributed by atoms with Gasteiger partial charge in [0.05, 0.1) is 10.6 Å². The second kappa shape index (κ2) is 11.4. The van der Waals surface area contributed by atoms with E-state index < -0.39 is 10.0 Å². The number of hydrogen-bond donors (Lipinski definition) is 1. The highest BCUT2D eigenvalue weighted by Gasteiger charge is 2.27. The van der Waals surface area contributed by atoms with Crippen molar-refractivity contribution in [3.05, 3.63) is 95.0 Å². The van der Waals surface area contributed by atoms with Crippen LogP contribution in [0.3, 0.4) is 0 Å². The van der Waals surface area contributed by atoms with Gasteiger partial charge in [-0.1, -0.05) is 60.1 Å². The summed E-state index contributed by atoms with van der Waals surface area (Å²) >= 11 is 7.67. The summed E-state index contributed by atoms with van der Waals surface area (Å²) in [5.74, 6) is 1.14. The number of carbonyl (C=O) groups is 1. The third-order valence-corrected chi connectivity index (χ3v) is 7.77. The molecule has 3 aromatic rings. The number of hydrogen-bond acceptors (Lipinski definition) is 4. The summed E-state index contributed by atoms with van der Waals surface area (Å²) in [4.78, 5) is 12.8. The Morgan fingerprint density at radius 2 is 1.72 bits per heavy atom. The number of rotatable bonds is 10.